The average Bonchev–Trinajstić information content (AvgIpc) is 2.98. The molecule has 1 N–H and O–H groups in total. The Labute approximate surface area is 182 Å². The summed E-state index contributed by atoms with van der Waals surface area (Å²) in [6.45, 7) is 5.03. The quantitative estimate of drug-likeness (QED) is 0.547. The highest BCUT2D eigenvalue weighted by Gasteiger charge is 2.18. The first-order chi connectivity index (χ1) is 15.3. The number of fused-ring (bicyclic) bond motifs is 1. The van der Waals surface area contributed by atoms with Gasteiger partial charge in [-0.05, 0) is 54.9 Å². The van der Waals surface area contributed by atoms with Crippen LogP contribution in [0.3, 0.4) is 0 Å². The number of benzene rings is 2. The summed E-state index contributed by atoms with van der Waals surface area (Å²) in [4.78, 5) is 7.51. The molecule has 1 aliphatic heterocycles. The lowest BCUT2D eigenvalue weighted by Gasteiger charge is -2.20. The van der Waals surface area contributed by atoms with Gasteiger partial charge in [0.15, 0.2) is 0 Å². The van der Waals surface area contributed by atoms with Crippen molar-refractivity contribution in [2.24, 2.45) is 0 Å². The fourth-order valence-corrected chi connectivity index (χ4v) is 4.25. The van der Waals surface area contributed by atoms with E-state index in [-0.39, 0.29) is 0 Å². The van der Waals surface area contributed by atoms with Gasteiger partial charge in [-0.1, -0.05) is 42.5 Å². The second-order valence-corrected chi connectivity index (χ2v) is 7.99. The molecule has 4 aromatic rings. The van der Waals surface area contributed by atoms with E-state index in [2.05, 4.69) is 63.3 Å². The van der Waals surface area contributed by atoms with Crippen LogP contribution in [0.4, 0.5) is 0 Å². The zero-order valence-corrected chi connectivity index (χ0v) is 17.5. The van der Waals surface area contributed by atoms with E-state index >= 15 is 0 Å². The number of nitriles is 1. The lowest BCUT2D eigenvalue weighted by Crippen LogP contribution is -2.28. The minimum Gasteiger partial charge on any atom is -0.315 e. The van der Waals surface area contributed by atoms with Crippen LogP contribution in [0.1, 0.15) is 17.7 Å². The van der Waals surface area contributed by atoms with Crippen LogP contribution in [0.5, 0.6) is 0 Å². The maximum Gasteiger partial charge on any atom is 0.137 e. The van der Waals surface area contributed by atoms with Crippen molar-refractivity contribution in [1.29, 1.82) is 5.26 Å². The molecule has 154 valence electrons. The minimum atomic E-state index is 0.666. The topological polar surface area (TPSA) is 56.4 Å². The molecule has 0 unspecified atom stereocenters. The number of hydrogen-bond acceptors (Lipinski definition) is 4. The van der Waals surface area contributed by atoms with Crippen molar-refractivity contribution in [3.8, 4) is 28.5 Å². The molecule has 1 aliphatic rings. The molecule has 2 aromatic heterocycles. The Bertz CT molecular complexity index is 1210. The van der Waals surface area contributed by atoms with Crippen LogP contribution in [-0.4, -0.2) is 40.5 Å². The zero-order chi connectivity index (χ0) is 21.0. The highest BCUT2D eigenvalue weighted by molar-refractivity contribution is 5.70. The number of rotatable bonds is 4. The van der Waals surface area contributed by atoms with Gasteiger partial charge in [-0.15, -0.1) is 0 Å². The number of pyridine rings is 1. The summed E-state index contributed by atoms with van der Waals surface area (Å²) in [5.41, 5.74) is 7.22. The molecule has 0 amide bonds. The van der Waals surface area contributed by atoms with Crippen molar-refractivity contribution in [2.45, 2.75) is 13.0 Å². The van der Waals surface area contributed by atoms with Crippen molar-refractivity contribution in [3.05, 3.63) is 84.2 Å². The standard InChI is InChI=1S/C26H25N5/c27-17-20-7-9-22(10-8-20)26-24(19-30-15-4-13-28-14-16-30)31-18-23(11-12-25(31)29-26)21-5-2-1-3-6-21/h1-3,5-12,18,28H,4,13-16,19H2. The second-order valence-electron chi connectivity index (χ2n) is 7.99. The third kappa shape index (κ3) is 4.09. The highest BCUT2D eigenvalue weighted by Crippen LogP contribution is 2.28. The van der Waals surface area contributed by atoms with Crippen LogP contribution < -0.4 is 5.32 Å². The first kappa shape index (κ1) is 19.5. The summed E-state index contributed by atoms with van der Waals surface area (Å²) in [5.74, 6) is 0. The molecule has 0 aliphatic carbocycles. The molecular weight excluding hydrogens is 382 g/mol. The number of nitrogens with one attached hydrogen (secondary N) is 1. The van der Waals surface area contributed by atoms with E-state index in [0.717, 1.165) is 56.0 Å². The van der Waals surface area contributed by atoms with Crippen molar-refractivity contribution >= 4 is 5.65 Å². The Morgan fingerprint density at radius 2 is 1.68 bits per heavy atom. The van der Waals surface area contributed by atoms with Gasteiger partial charge < -0.3 is 9.72 Å². The highest BCUT2D eigenvalue weighted by atomic mass is 15.2. The third-order valence-corrected chi connectivity index (χ3v) is 5.92. The summed E-state index contributed by atoms with van der Waals surface area (Å²) in [6, 6.07) is 24.7. The molecule has 31 heavy (non-hydrogen) atoms. The molecular formula is C26H25N5. The predicted molar refractivity (Wildman–Crippen MR) is 124 cm³/mol. The molecule has 5 heteroatoms. The average molecular weight is 408 g/mol. The van der Waals surface area contributed by atoms with Crippen LogP contribution in [-0.2, 0) is 6.54 Å². The summed E-state index contributed by atoms with van der Waals surface area (Å²) in [6.07, 6.45) is 3.36. The van der Waals surface area contributed by atoms with E-state index in [9.17, 15) is 0 Å². The molecule has 5 rings (SSSR count). The van der Waals surface area contributed by atoms with Gasteiger partial charge in [0.25, 0.3) is 0 Å². The molecule has 0 spiro atoms. The lowest BCUT2D eigenvalue weighted by atomic mass is 10.1. The molecule has 0 bridgehead atoms. The van der Waals surface area contributed by atoms with Crippen molar-refractivity contribution < 1.29 is 0 Å². The summed E-state index contributed by atoms with van der Waals surface area (Å²) in [7, 11) is 0. The van der Waals surface area contributed by atoms with Gasteiger partial charge >= 0.3 is 0 Å². The molecule has 0 saturated carbocycles. The molecule has 1 saturated heterocycles. The number of imidazole rings is 1. The van der Waals surface area contributed by atoms with E-state index in [1.807, 2.05) is 30.3 Å². The number of hydrogen-bond donors (Lipinski definition) is 1. The van der Waals surface area contributed by atoms with Gasteiger partial charge in [0.05, 0.1) is 23.0 Å². The van der Waals surface area contributed by atoms with Crippen LogP contribution in [0, 0.1) is 11.3 Å². The second kappa shape index (κ2) is 8.73. The fourth-order valence-electron chi connectivity index (χ4n) is 4.25. The smallest absolute Gasteiger partial charge is 0.137 e. The van der Waals surface area contributed by atoms with Gasteiger partial charge in [-0.25, -0.2) is 4.98 Å². The van der Waals surface area contributed by atoms with Gasteiger partial charge in [-0.2, -0.15) is 5.26 Å². The van der Waals surface area contributed by atoms with Crippen LogP contribution in [0.15, 0.2) is 72.9 Å². The number of aromatic nitrogens is 2. The molecule has 0 radical (unpaired) electrons. The van der Waals surface area contributed by atoms with Crippen LogP contribution in [0.2, 0.25) is 0 Å². The van der Waals surface area contributed by atoms with Gasteiger partial charge in [0.2, 0.25) is 0 Å². The van der Waals surface area contributed by atoms with E-state index in [0.29, 0.717) is 5.56 Å². The molecule has 1 fully saturated rings. The predicted octanol–water partition coefficient (Wildman–Crippen LogP) is 4.34. The normalized spacial score (nSPS) is 14.9. The fraction of sp³-hybridized carbons (Fsp3) is 0.231. The summed E-state index contributed by atoms with van der Waals surface area (Å²) < 4.78 is 2.24. The van der Waals surface area contributed by atoms with Gasteiger partial charge in [0, 0.05) is 31.4 Å². The maximum absolute atomic E-state index is 9.17. The molecule has 3 heterocycles. The first-order valence-electron chi connectivity index (χ1n) is 10.8. The Kier molecular flexibility index (Phi) is 5.49. The van der Waals surface area contributed by atoms with E-state index < -0.39 is 0 Å². The molecule has 0 atom stereocenters. The minimum absolute atomic E-state index is 0.666. The van der Waals surface area contributed by atoms with Crippen LogP contribution in [0.25, 0.3) is 28.0 Å². The lowest BCUT2D eigenvalue weighted by molar-refractivity contribution is 0.281. The largest absolute Gasteiger partial charge is 0.315 e. The van der Waals surface area contributed by atoms with E-state index in [4.69, 9.17) is 10.2 Å². The Morgan fingerprint density at radius 1 is 0.871 bits per heavy atom. The van der Waals surface area contributed by atoms with Crippen LogP contribution >= 0.6 is 0 Å². The molecule has 2 aromatic carbocycles. The van der Waals surface area contributed by atoms with Crippen molar-refractivity contribution in [3.63, 3.8) is 0 Å². The van der Waals surface area contributed by atoms with Crippen molar-refractivity contribution in [2.75, 3.05) is 26.2 Å². The summed E-state index contributed by atoms with van der Waals surface area (Å²) >= 11 is 0. The maximum atomic E-state index is 9.17. The first-order valence-corrected chi connectivity index (χ1v) is 10.8. The van der Waals surface area contributed by atoms with E-state index in [1.54, 1.807) is 0 Å². The van der Waals surface area contributed by atoms with Crippen molar-refractivity contribution in [1.82, 2.24) is 19.6 Å². The molecule has 5 nitrogen and oxygen atoms in total. The summed E-state index contributed by atoms with van der Waals surface area (Å²) in [5, 5.41) is 12.7. The SMILES string of the molecule is N#Cc1ccc(-c2nc3ccc(-c4ccccc4)cn3c2CN2CCCNCC2)cc1. The third-order valence-electron chi connectivity index (χ3n) is 5.92. The van der Waals surface area contributed by atoms with E-state index in [1.165, 1.54) is 16.8 Å². The van der Waals surface area contributed by atoms with Gasteiger partial charge in [0.1, 0.15) is 5.65 Å². The number of nitrogens with zero attached hydrogens (tertiary/aromatic N) is 4. The van der Waals surface area contributed by atoms with Gasteiger partial charge in [-0.3, -0.25) is 4.90 Å². The Morgan fingerprint density at radius 3 is 2.48 bits per heavy atom. The zero-order valence-electron chi connectivity index (χ0n) is 17.5. The Hall–Kier alpha value is -3.46. The Balaban J connectivity index is 1.62. The monoisotopic (exact) mass is 407 g/mol.